The van der Waals surface area contributed by atoms with Crippen molar-refractivity contribution in [2.45, 2.75) is 37.5 Å². The molecule has 2 aromatic rings. The van der Waals surface area contributed by atoms with E-state index in [9.17, 15) is 9.18 Å². The molecule has 1 aliphatic carbocycles. The van der Waals surface area contributed by atoms with Crippen molar-refractivity contribution in [2.24, 2.45) is 0 Å². The average molecular weight is 338 g/mol. The Kier molecular flexibility index (Phi) is 4.20. The summed E-state index contributed by atoms with van der Waals surface area (Å²) in [4.78, 5) is 15.3. The van der Waals surface area contributed by atoms with Crippen LogP contribution in [-0.4, -0.2) is 19.0 Å². The molecule has 2 aromatic carbocycles. The third-order valence-electron chi connectivity index (χ3n) is 5.63. The Morgan fingerprint density at radius 2 is 1.56 bits per heavy atom. The maximum absolute atomic E-state index is 13.2. The lowest BCUT2D eigenvalue weighted by atomic mass is 9.64. The molecule has 1 N–H and O–H groups in total. The number of rotatable bonds is 4. The van der Waals surface area contributed by atoms with Crippen LogP contribution in [0.3, 0.4) is 0 Å². The van der Waals surface area contributed by atoms with E-state index in [1.807, 2.05) is 12.1 Å². The second kappa shape index (κ2) is 6.51. The Morgan fingerprint density at radius 3 is 2.12 bits per heavy atom. The molecule has 2 aliphatic rings. The number of hydrogen-bond acceptors (Lipinski definition) is 2. The van der Waals surface area contributed by atoms with Gasteiger partial charge in [-0.1, -0.05) is 18.6 Å². The number of halogens is 1. The quantitative estimate of drug-likeness (QED) is 0.891. The number of benzene rings is 2. The van der Waals surface area contributed by atoms with Gasteiger partial charge in [0.25, 0.3) is 0 Å². The SMILES string of the molecule is O=C(Nc1ccc(N2CCCC2)cc1)C1(c2ccc(F)cc2)CCC1. The van der Waals surface area contributed by atoms with E-state index in [2.05, 4.69) is 22.3 Å². The summed E-state index contributed by atoms with van der Waals surface area (Å²) in [7, 11) is 0. The highest BCUT2D eigenvalue weighted by Crippen LogP contribution is 2.44. The summed E-state index contributed by atoms with van der Waals surface area (Å²) in [6, 6.07) is 14.5. The second-order valence-corrected chi connectivity index (χ2v) is 7.14. The molecule has 0 bridgehead atoms. The molecule has 4 heteroatoms. The normalized spacial score (nSPS) is 18.7. The Labute approximate surface area is 147 Å². The van der Waals surface area contributed by atoms with Crippen molar-refractivity contribution in [1.29, 1.82) is 0 Å². The van der Waals surface area contributed by atoms with E-state index in [1.54, 1.807) is 12.1 Å². The number of amides is 1. The number of carbonyl (C=O) groups is 1. The molecule has 0 spiro atoms. The topological polar surface area (TPSA) is 32.3 Å². The predicted molar refractivity (Wildman–Crippen MR) is 98.4 cm³/mol. The lowest BCUT2D eigenvalue weighted by Crippen LogP contribution is -2.46. The predicted octanol–water partition coefficient (Wildman–Crippen LogP) is 4.49. The summed E-state index contributed by atoms with van der Waals surface area (Å²) < 4.78 is 13.2. The fraction of sp³-hybridized carbons (Fsp3) is 0.381. The van der Waals surface area contributed by atoms with Crippen LogP contribution in [0.5, 0.6) is 0 Å². The number of nitrogens with one attached hydrogen (secondary N) is 1. The Morgan fingerprint density at radius 1 is 0.920 bits per heavy atom. The van der Waals surface area contributed by atoms with Crippen LogP contribution < -0.4 is 10.2 Å². The maximum atomic E-state index is 13.2. The molecule has 4 rings (SSSR count). The number of anilines is 2. The molecule has 3 nitrogen and oxygen atoms in total. The van der Waals surface area contributed by atoms with Crippen LogP contribution in [0.15, 0.2) is 48.5 Å². The van der Waals surface area contributed by atoms with E-state index in [-0.39, 0.29) is 11.7 Å². The molecule has 130 valence electrons. The molecular formula is C21H23FN2O. The van der Waals surface area contributed by atoms with Gasteiger partial charge in [0.2, 0.25) is 5.91 Å². The summed E-state index contributed by atoms with van der Waals surface area (Å²) in [5.74, 6) is -0.254. The molecule has 1 saturated carbocycles. The van der Waals surface area contributed by atoms with Gasteiger partial charge >= 0.3 is 0 Å². The van der Waals surface area contributed by atoms with Gasteiger partial charge in [-0.05, 0) is 67.6 Å². The zero-order valence-corrected chi connectivity index (χ0v) is 14.3. The van der Waals surface area contributed by atoms with Gasteiger partial charge in [0, 0.05) is 24.5 Å². The van der Waals surface area contributed by atoms with E-state index >= 15 is 0 Å². The molecule has 1 aliphatic heterocycles. The number of nitrogens with zero attached hydrogens (tertiary/aromatic N) is 1. The largest absolute Gasteiger partial charge is 0.372 e. The van der Waals surface area contributed by atoms with Crippen LogP contribution in [-0.2, 0) is 10.2 Å². The first kappa shape index (κ1) is 16.1. The van der Waals surface area contributed by atoms with E-state index in [0.717, 1.165) is 43.6 Å². The van der Waals surface area contributed by atoms with Crippen molar-refractivity contribution in [3.05, 3.63) is 59.9 Å². The highest BCUT2D eigenvalue weighted by atomic mass is 19.1. The maximum Gasteiger partial charge on any atom is 0.235 e. The van der Waals surface area contributed by atoms with Gasteiger partial charge in [0.1, 0.15) is 5.82 Å². The monoisotopic (exact) mass is 338 g/mol. The Bertz CT molecular complexity index is 744. The first-order valence-corrected chi connectivity index (χ1v) is 9.10. The zero-order chi connectivity index (χ0) is 17.3. The Hall–Kier alpha value is -2.36. The van der Waals surface area contributed by atoms with Gasteiger partial charge < -0.3 is 10.2 Å². The standard InChI is InChI=1S/C21H23FN2O/c22-17-6-4-16(5-7-17)21(12-3-13-21)20(25)23-18-8-10-19(11-9-18)24-14-1-2-15-24/h4-11H,1-3,12-15H2,(H,23,25). The highest BCUT2D eigenvalue weighted by Gasteiger charge is 2.45. The molecule has 0 aromatic heterocycles. The minimum Gasteiger partial charge on any atom is -0.372 e. The molecule has 1 amide bonds. The first-order valence-electron chi connectivity index (χ1n) is 9.10. The van der Waals surface area contributed by atoms with Crippen LogP contribution in [0.25, 0.3) is 0 Å². The molecular weight excluding hydrogens is 315 g/mol. The van der Waals surface area contributed by atoms with Crippen molar-refractivity contribution in [3.63, 3.8) is 0 Å². The summed E-state index contributed by atoms with van der Waals surface area (Å²) >= 11 is 0. The minimum atomic E-state index is -0.513. The molecule has 1 heterocycles. The smallest absolute Gasteiger partial charge is 0.235 e. The molecule has 2 fully saturated rings. The van der Waals surface area contributed by atoms with Crippen LogP contribution in [0.4, 0.5) is 15.8 Å². The van der Waals surface area contributed by atoms with Crippen LogP contribution in [0, 0.1) is 5.82 Å². The van der Waals surface area contributed by atoms with Crippen LogP contribution in [0.2, 0.25) is 0 Å². The minimum absolute atomic E-state index is 0.0132. The third kappa shape index (κ3) is 3.01. The zero-order valence-electron chi connectivity index (χ0n) is 14.3. The Balaban J connectivity index is 1.49. The summed E-state index contributed by atoms with van der Waals surface area (Å²) in [6.07, 6.45) is 5.16. The first-order chi connectivity index (χ1) is 12.2. The van der Waals surface area contributed by atoms with Crippen molar-refractivity contribution in [1.82, 2.24) is 0 Å². The van der Waals surface area contributed by atoms with Crippen molar-refractivity contribution in [2.75, 3.05) is 23.3 Å². The van der Waals surface area contributed by atoms with Gasteiger partial charge in [-0.15, -0.1) is 0 Å². The highest BCUT2D eigenvalue weighted by molar-refractivity contribution is 6.00. The lowest BCUT2D eigenvalue weighted by molar-refractivity contribution is -0.124. The summed E-state index contributed by atoms with van der Waals surface area (Å²) in [5, 5.41) is 3.06. The van der Waals surface area contributed by atoms with E-state index in [4.69, 9.17) is 0 Å². The van der Waals surface area contributed by atoms with Gasteiger partial charge in [-0.2, -0.15) is 0 Å². The summed E-state index contributed by atoms with van der Waals surface area (Å²) in [6.45, 7) is 2.22. The van der Waals surface area contributed by atoms with Gasteiger partial charge in [-0.3, -0.25) is 4.79 Å². The van der Waals surface area contributed by atoms with Crippen molar-refractivity contribution in [3.8, 4) is 0 Å². The van der Waals surface area contributed by atoms with Gasteiger partial charge in [0.05, 0.1) is 5.41 Å². The molecule has 1 saturated heterocycles. The van der Waals surface area contributed by atoms with E-state index in [0.29, 0.717) is 0 Å². The lowest BCUT2D eigenvalue weighted by Gasteiger charge is -2.40. The van der Waals surface area contributed by atoms with Crippen molar-refractivity contribution < 1.29 is 9.18 Å². The number of carbonyl (C=O) groups excluding carboxylic acids is 1. The van der Waals surface area contributed by atoms with Gasteiger partial charge in [-0.25, -0.2) is 4.39 Å². The molecule has 25 heavy (non-hydrogen) atoms. The van der Waals surface area contributed by atoms with Crippen LogP contribution >= 0.6 is 0 Å². The fourth-order valence-electron chi connectivity index (χ4n) is 3.93. The fourth-order valence-corrected chi connectivity index (χ4v) is 3.93. The molecule has 0 atom stereocenters. The summed E-state index contributed by atoms with van der Waals surface area (Å²) in [5.41, 5.74) is 2.43. The second-order valence-electron chi connectivity index (χ2n) is 7.14. The van der Waals surface area contributed by atoms with Crippen LogP contribution in [0.1, 0.15) is 37.7 Å². The van der Waals surface area contributed by atoms with Crippen molar-refractivity contribution >= 4 is 17.3 Å². The van der Waals surface area contributed by atoms with E-state index in [1.165, 1.54) is 30.7 Å². The third-order valence-corrected chi connectivity index (χ3v) is 5.63. The average Bonchev–Trinajstić information content (AvgIpc) is 3.11. The molecule has 0 unspecified atom stereocenters. The van der Waals surface area contributed by atoms with E-state index < -0.39 is 5.41 Å². The molecule has 0 radical (unpaired) electrons. The number of hydrogen-bond donors (Lipinski definition) is 1. The van der Waals surface area contributed by atoms with Gasteiger partial charge in [0.15, 0.2) is 0 Å².